The van der Waals surface area contributed by atoms with Crippen LogP contribution in [0.25, 0.3) is 0 Å². The van der Waals surface area contributed by atoms with Gasteiger partial charge in [0.15, 0.2) is 5.82 Å². The number of aromatic nitrogens is 2. The maximum absolute atomic E-state index is 12.1. The molecule has 2 aromatic rings. The molecule has 0 saturated carbocycles. The molecule has 21 heavy (non-hydrogen) atoms. The van der Waals surface area contributed by atoms with Gasteiger partial charge in [0.25, 0.3) is 5.56 Å². The van der Waals surface area contributed by atoms with Crippen LogP contribution in [-0.2, 0) is 6.54 Å². The number of nitrogens with zero attached hydrogens (tertiary/aromatic N) is 2. The quantitative estimate of drug-likeness (QED) is 0.874. The average Bonchev–Trinajstić information content (AvgIpc) is 2.78. The van der Waals surface area contributed by atoms with Crippen LogP contribution < -0.4 is 10.9 Å². The summed E-state index contributed by atoms with van der Waals surface area (Å²) in [6.45, 7) is 5.58. The standard InChI is InChI=1S/C14H17N3O4/c1-8(2)17-5-4-15-12(13(17)18)16-7-10-6-11(14(19)20)9(3)21-10/h4-6,8H,7H2,1-3H3,(H,15,16)(H,19,20). The van der Waals surface area contributed by atoms with Crippen molar-refractivity contribution in [1.29, 1.82) is 0 Å². The van der Waals surface area contributed by atoms with Crippen molar-refractivity contribution >= 4 is 11.8 Å². The Morgan fingerprint density at radius 3 is 2.81 bits per heavy atom. The lowest BCUT2D eigenvalue weighted by atomic mass is 10.2. The molecule has 2 rings (SSSR count). The van der Waals surface area contributed by atoms with E-state index in [1.54, 1.807) is 23.9 Å². The van der Waals surface area contributed by atoms with Crippen LogP contribution in [0.4, 0.5) is 5.82 Å². The van der Waals surface area contributed by atoms with Crippen LogP contribution >= 0.6 is 0 Å². The van der Waals surface area contributed by atoms with E-state index in [1.807, 2.05) is 13.8 Å². The molecule has 0 fully saturated rings. The average molecular weight is 291 g/mol. The van der Waals surface area contributed by atoms with E-state index in [0.29, 0.717) is 11.5 Å². The molecular weight excluding hydrogens is 274 g/mol. The fraction of sp³-hybridized carbons (Fsp3) is 0.357. The zero-order chi connectivity index (χ0) is 15.6. The summed E-state index contributed by atoms with van der Waals surface area (Å²) in [6.07, 6.45) is 3.16. The monoisotopic (exact) mass is 291 g/mol. The lowest BCUT2D eigenvalue weighted by Crippen LogP contribution is -2.25. The Labute approximate surface area is 121 Å². The summed E-state index contributed by atoms with van der Waals surface area (Å²) in [4.78, 5) is 27.1. The van der Waals surface area contributed by atoms with Crippen LogP contribution in [0.1, 0.15) is 41.8 Å². The number of hydrogen-bond donors (Lipinski definition) is 2. The summed E-state index contributed by atoms with van der Waals surface area (Å²) in [5, 5.41) is 11.8. The van der Waals surface area contributed by atoms with Gasteiger partial charge in [0.2, 0.25) is 0 Å². The molecule has 0 atom stereocenters. The van der Waals surface area contributed by atoms with Gasteiger partial charge in [0.05, 0.1) is 6.54 Å². The molecule has 0 aromatic carbocycles. The highest BCUT2D eigenvalue weighted by Crippen LogP contribution is 2.15. The molecule has 0 aliphatic rings. The van der Waals surface area contributed by atoms with Crippen molar-refractivity contribution in [2.24, 2.45) is 0 Å². The first kappa shape index (κ1) is 14.8. The SMILES string of the molecule is Cc1oc(CNc2nccn(C(C)C)c2=O)cc1C(=O)O. The minimum atomic E-state index is -1.04. The minimum Gasteiger partial charge on any atom is -0.478 e. The molecule has 0 aliphatic carbocycles. The summed E-state index contributed by atoms with van der Waals surface area (Å²) in [6, 6.07) is 1.47. The fourth-order valence-corrected chi connectivity index (χ4v) is 1.97. The highest BCUT2D eigenvalue weighted by atomic mass is 16.4. The molecule has 0 amide bonds. The first-order valence-corrected chi connectivity index (χ1v) is 6.53. The van der Waals surface area contributed by atoms with Crippen LogP contribution in [0, 0.1) is 6.92 Å². The molecule has 7 nitrogen and oxygen atoms in total. The largest absolute Gasteiger partial charge is 0.478 e. The first-order valence-electron chi connectivity index (χ1n) is 6.53. The van der Waals surface area contributed by atoms with Crippen molar-refractivity contribution in [2.45, 2.75) is 33.4 Å². The maximum Gasteiger partial charge on any atom is 0.339 e. The Bertz CT molecular complexity index is 715. The second kappa shape index (κ2) is 5.82. The zero-order valence-corrected chi connectivity index (χ0v) is 12.1. The van der Waals surface area contributed by atoms with E-state index in [9.17, 15) is 9.59 Å². The lowest BCUT2D eigenvalue weighted by Gasteiger charge is -2.11. The van der Waals surface area contributed by atoms with Gasteiger partial charge >= 0.3 is 5.97 Å². The first-order chi connectivity index (χ1) is 9.90. The van der Waals surface area contributed by atoms with Crippen LogP contribution in [0.3, 0.4) is 0 Å². The Hall–Kier alpha value is -2.57. The van der Waals surface area contributed by atoms with E-state index in [1.165, 1.54) is 6.07 Å². The molecule has 2 heterocycles. The fourth-order valence-electron chi connectivity index (χ4n) is 1.97. The van der Waals surface area contributed by atoms with E-state index in [4.69, 9.17) is 9.52 Å². The third-order valence-corrected chi connectivity index (χ3v) is 3.05. The third kappa shape index (κ3) is 3.13. The number of carboxylic acid groups (broad SMARTS) is 1. The highest BCUT2D eigenvalue weighted by molar-refractivity contribution is 5.88. The molecule has 2 N–H and O–H groups in total. The van der Waals surface area contributed by atoms with Gasteiger partial charge in [-0.1, -0.05) is 0 Å². The number of anilines is 1. The molecule has 7 heteroatoms. The van der Waals surface area contributed by atoms with Crippen LogP contribution in [0.15, 0.2) is 27.7 Å². The minimum absolute atomic E-state index is 0.0329. The molecule has 0 aliphatic heterocycles. The summed E-state index contributed by atoms with van der Waals surface area (Å²) in [7, 11) is 0. The van der Waals surface area contributed by atoms with E-state index in [2.05, 4.69) is 10.3 Å². The number of nitrogens with one attached hydrogen (secondary N) is 1. The van der Waals surface area contributed by atoms with E-state index in [-0.39, 0.29) is 29.5 Å². The number of carbonyl (C=O) groups is 1. The third-order valence-electron chi connectivity index (χ3n) is 3.05. The summed E-state index contributed by atoms with van der Waals surface area (Å²) >= 11 is 0. The van der Waals surface area contributed by atoms with Crippen molar-refractivity contribution in [1.82, 2.24) is 9.55 Å². The lowest BCUT2D eigenvalue weighted by molar-refractivity contribution is 0.0695. The van der Waals surface area contributed by atoms with Crippen LogP contribution in [-0.4, -0.2) is 20.6 Å². The van der Waals surface area contributed by atoms with Gasteiger partial charge < -0.3 is 19.4 Å². The van der Waals surface area contributed by atoms with E-state index >= 15 is 0 Å². The highest BCUT2D eigenvalue weighted by Gasteiger charge is 2.14. The number of aromatic carboxylic acids is 1. The van der Waals surface area contributed by atoms with Gasteiger partial charge in [-0.05, 0) is 26.8 Å². The number of furan rings is 1. The number of rotatable bonds is 5. The molecule has 0 saturated heterocycles. The van der Waals surface area contributed by atoms with Crippen LogP contribution in [0.2, 0.25) is 0 Å². The Morgan fingerprint density at radius 1 is 1.52 bits per heavy atom. The molecule has 0 bridgehead atoms. The van der Waals surface area contributed by atoms with Gasteiger partial charge in [-0.25, -0.2) is 9.78 Å². The molecule has 0 radical (unpaired) electrons. The molecule has 112 valence electrons. The predicted octanol–water partition coefficient (Wildman–Crippen LogP) is 2.04. The van der Waals surface area contributed by atoms with Crippen molar-refractivity contribution < 1.29 is 14.3 Å². The maximum atomic E-state index is 12.1. The molecule has 0 spiro atoms. The summed E-state index contributed by atoms with van der Waals surface area (Å²) in [5.41, 5.74) is -0.110. The van der Waals surface area contributed by atoms with Crippen molar-refractivity contribution in [3.8, 4) is 0 Å². The number of hydrogen-bond acceptors (Lipinski definition) is 5. The Kier molecular flexibility index (Phi) is 4.11. The molecular formula is C14H17N3O4. The second-order valence-corrected chi connectivity index (χ2v) is 4.92. The van der Waals surface area contributed by atoms with Crippen molar-refractivity contribution in [2.75, 3.05) is 5.32 Å². The van der Waals surface area contributed by atoms with Crippen molar-refractivity contribution in [3.05, 3.63) is 45.9 Å². The van der Waals surface area contributed by atoms with Gasteiger partial charge in [0.1, 0.15) is 17.1 Å². The number of aryl methyl sites for hydroxylation is 1. The van der Waals surface area contributed by atoms with Crippen LogP contribution in [0.5, 0.6) is 0 Å². The summed E-state index contributed by atoms with van der Waals surface area (Å²) in [5.74, 6) is -0.0643. The van der Waals surface area contributed by atoms with Crippen molar-refractivity contribution in [3.63, 3.8) is 0 Å². The molecule has 2 aromatic heterocycles. The second-order valence-electron chi connectivity index (χ2n) is 4.92. The van der Waals surface area contributed by atoms with Gasteiger partial charge in [-0.15, -0.1) is 0 Å². The van der Waals surface area contributed by atoms with E-state index in [0.717, 1.165) is 0 Å². The Morgan fingerprint density at radius 2 is 2.24 bits per heavy atom. The van der Waals surface area contributed by atoms with E-state index < -0.39 is 5.97 Å². The zero-order valence-electron chi connectivity index (χ0n) is 12.1. The molecule has 0 unspecified atom stereocenters. The Balaban J connectivity index is 2.17. The number of carboxylic acids is 1. The van der Waals surface area contributed by atoms with Gasteiger partial charge in [0, 0.05) is 18.4 Å². The predicted molar refractivity (Wildman–Crippen MR) is 76.6 cm³/mol. The normalized spacial score (nSPS) is 10.9. The van der Waals surface area contributed by atoms with Gasteiger partial charge in [-0.3, -0.25) is 4.79 Å². The van der Waals surface area contributed by atoms with Gasteiger partial charge in [-0.2, -0.15) is 0 Å². The topological polar surface area (TPSA) is 97.4 Å². The smallest absolute Gasteiger partial charge is 0.339 e. The summed E-state index contributed by atoms with van der Waals surface area (Å²) < 4.78 is 6.90.